The molecule has 0 atom stereocenters. The number of nitrogens with zero attached hydrogens (tertiary/aromatic N) is 2. The summed E-state index contributed by atoms with van der Waals surface area (Å²) >= 11 is 0. The second-order valence-electron chi connectivity index (χ2n) is 5.28. The molecule has 0 radical (unpaired) electrons. The minimum atomic E-state index is -0.495. The van der Waals surface area contributed by atoms with Crippen LogP contribution in [-0.2, 0) is 9.47 Å². The van der Waals surface area contributed by atoms with Crippen LogP contribution in [0.5, 0.6) is 0 Å². The first-order chi connectivity index (χ1) is 12.7. The van der Waals surface area contributed by atoms with E-state index in [2.05, 4.69) is 20.6 Å². The molecular formula is C18H22N4O4. The van der Waals surface area contributed by atoms with Gasteiger partial charge in [0.2, 0.25) is 0 Å². The number of esters is 1. The topological polar surface area (TPSA) is 102 Å². The number of hydrogen-bond acceptors (Lipinski definition) is 7. The van der Waals surface area contributed by atoms with Crippen LogP contribution in [0.3, 0.4) is 0 Å². The Morgan fingerprint density at radius 3 is 2.65 bits per heavy atom. The van der Waals surface area contributed by atoms with E-state index in [1.54, 1.807) is 38.3 Å². The highest BCUT2D eigenvalue weighted by Crippen LogP contribution is 2.17. The number of rotatable bonds is 9. The van der Waals surface area contributed by atoms with Gasteiger partial charge in [0.25, 0.3) is 5.91 Å². The number of aromatic nitrogens is 2. The zero-order valence-corrected chi connectivity index (χ0v) is 14.8. The third-order valence-electron chi connectivity index (χ3n) is 3.39. The van der Waals surface area contributed by atoms with Gasteiger partial charge in [-0.3, -0.25) is 4.79 Å². The lowest BCUT2D eigenvalue weighted by atomic mass is 10.1. The summed E-state index contributed by atoms with van der Waals surface area (Å²) in [6.07, 6.45) is 3.70. The number of benzene rings is 1. The van der Waals surface area contributed by atoms with E-state index in [0.29, 0.717) is 24.7 Å². The summed E-state index contributed by atoms with van der Waals surface area (Å²) in [5, 5.41) is 5.75. The predicted molar refractivity (Wildman–Crippen MR) is 97.4 cm³/mol. The lowest BCUT2D eigenvalue weighted by Crippen LogP contribution is -2.17. The molecule has 1 amide bonds. The Bertz CT molecular complexity index is 734. The highest BCUT2D eigenvalue weighted by atomic mass is 16.5. The van der Waals surface area contributed by atoms with Gasteiger partial charge in [-0.2, -0.15) is 0 Å². The molecule has 0 saturated carbocycles. The number of carbonyl (C=O) groups excluding carboxylic acids is 2. The van der Waals surface area contributed by atoms with E-state index < -0.39 is 11.9 Å². The maximum Gasteiger partial charge on any atom is 0.340 e. The summed E-state index contributed by atoms with van der Waals surface area (Å²) in [6.45, 7) is 3.33. The number of methoxy groups -OCH3 is 1. The Labute approximate surface area is 151 Å². The Hall–Kier alpha value is -3.00. The first-order valence-corrected chi connectivity index (χ1v) is 8.28. The zero-order valence-electron chi connectivity index (χ0n) is 14.8. The van der Waals surface area contributed by atoms with Crippen molar-refractivity contribution in [2.24, 2.45) is 0 Å². The summed E-state index contributed by atoms with van der Waals surface area (Å²) in [5.41, 5.74) is 0.790. The average Bonchev–Trinajstić information content (AvgIpc) is 2.66. The van der Waals surface area contributed by atoms with Crippen molar-refractivity contribution < 1.29 is 19.1 Å². The number of amides is 1. The van der Waals surface area contributed by atoms with E-state index in [4.69, 9.17) is 9.47 Å². The molecule has 0 aliphatic rings. The first kappa shape index (κ1) is 19.3. The van der Waals surface area contributed by atoms with Gasteiger partial charge in [0.1, 0.15) is 11.5 Å². The van der Waals surface area contributed by atoms with Gasteiger partial charge in [-0.05, 0) is 25.5 Å². The SMILES string of the molecule is CCOC(=O)c1ccccc1NC(=O)c1cnc(NCCCOC)cn1. The van der Waals surface area contributed by atoms with Crippen molar-refractivity contribution >= 4 is 23.4 Å². The van der Waals surface area contributed by atoms with Gasteiger partial charge >= 0.3 is 5.97 Å². The Kier molecular flexibility index (Phi) is 7.50. The van der Waals surface area contributed by atoms with Gasteiger partial charge < -0.3 is 20.1 Å². The van der Waals surface area contributed by atoms with Gasteiger partial charge in [-0.15, -0.1) is 0 Å². The van der Waals surface area contributed by atoms with Crippen molar-refractivity contribution in [2.75, 3.05) is 37.5 Å². The van der Waals surface area contributed by atoms with Gasteiger partial charge in [0, 0.05) is 20.3 Å². The number of hydrogen-bond donors (Lipinski definition) is 2. The summed E-state index contributed by atoms with van der Waals surface area (Å²) in [7, 11) is 1.65. The van der Waals surface area contributed by atoms with E-state index in [-0.39, 0.29) is 17.9 Å². The number of para-hydroxylation sites is 1. The quantitative estimate of drug-likeness (QED) is 0.524. The third kappa shape index (κ3) is 5.52. The largest absolute Gasteiger partial charge is 0.462 e. The summed E-state index contributed by atoms with van der Waals surface area (Å²) in [4.78, 5) is 32.6. The minimum absolute atomic E-state index is 0.145. The van der Waals surface area contributed by atoms with E-state index in [0.717, 1.165) is 6.42 Å². The van der Waals surface area contributed by atoms with Crippen LogP contribution in [0.4, 0.5) is 11.5 Å². The van der Waals surface area contributed by atoms with Crippen LogP contribution in [0.15, 0.2) is 36.7 Å². The Balaban J connectivity index is 2.01. The molecule has 2 aromatic rings. The predicted octanol–water partition coefficient (Wildman–Crippen LogP) is 2.35. The average molecular weight is 358 g/mol. The molecule has 0 unspecified atom stereocenters. The fourth-order valence-electron chi connectivity index (χ4n) is 2.13. The maximum atomic E-state index is 12.4. The van der Waals surface area contributed by atoms with Crippen molar-refractivity contribution in [3.05, 3.63) is 47.9 Å². The van der Waals surface area contributed by atoms with Crippen molar-refractivity contribution in [1.82, 2.24) is 9.97 Å². The van der Waals surface area contributed by atoms with E-state index in [9.17, 15) is 9.59 Å². The standard InChI is InChI=1S/C18H22N4O4/c1-3-26-18(24)13-7-4-5-8-14(13)22-17(23)15-11-21-16(12-20-15)19-9-6-10-25-2/h4-5,7-8,11-12H,3,6,9-10H2,1-2H3,(H,19,21)(H,22,23). The highest BCUT2D eigenvalue weighted by Gasteiger charge is 2.15. The molecule has 138 valence electrons. The fourth-order valence-corrected chi connectivity index (χ4v) is 2.13. The molecule has 0 saturated heterocycles. The monoisotopic (exact) mass is 358 g/mol. The molecule has 1 heterocycles. The lowest BCUT2D eigenvalue weighted by Gasteiger charge is -2.10. The summed E-state index contributed by atoms with van der Waals surface area (Å²) < 4.78 is 9.96. The number of nitrogens with one attached hydrogen (secondary N) is 2. The Morgan fingerprint density at radius 2 is 1.96 bits per heavy atom. The maximum absolute atomic E-state index is 12.4. The molecular weight excluding hydrogens is 336 g/mol. The van der Waals surface area contributed by atoms with E-state index in [1.165, 1.54) is 12.4 Å². The van der Waals surface area contributed by atoms with Gasteiger partial charge in [0.15, 0.2) is 0 Å². The number of ether oxygens (including phenoxy) is 2. The van der Waals surface area contributed by atoms with Crippen LogP contribution in [0.1, 0.15) is 34.2 Å². The van der Waals surface area contributed by atoms with Gasteiger partial charge in [-0.25, -0.2) is 14.8 Å². The molecule has 0 aliphatic heterocycles. The van der Waals surface area contributed by atoms with Crippen LogP contribution in [0.2, 0.25) is 0 Å². The van der Waals surface area contributed by atoms with Crippen LogP contribution >= 0.6 is 0 Å². The smallest absolute Gasteiger partial charge is 0.340 e. The molecule has 1 aromatic heterocycles. The van der Waals surface area contributed by atoms with Crippen molar-refractivity contribution in [2.45, 2.75) is 13.3 Å². The van der Waals surface area contributed by atoms with Crippen molar-refractivity contribution in [1.29, 1.82) is 0 Å². The molecule has 1 aromatic carbocycles. The number of anilines is 2. The summed E-state index contributed by atoms with van der Waals surface area (Å²) in [5.74, 6) is -0.380. The lowest BCUT2D eigenvalue weighted by molar-refractivity contribution is 0.0527. The van der Waals surface area contributed by atoms with Crippen LogP contribution in [0.25, 0.3) is 0 Å². The second kappa shape index (κ2) is 10.1. The van der Waals surface area contributed by atoms with Crippen LogP contribution in [-0.4, -0.2) is 48.7 Å². The normalized spacial score (nSPS) is 10.2. The Morgan fingerprint density at radius 1 is 1.15 bits per heavy atom. The molecule has 8 heteroatoms. The zero-order chi connectivity index (χ0) is 18.8. The van der Waals surface area contributed by atoms with Crippen LogP contribution < -0.4 is 10.6 Å². The minimum Gasteiger partial charge on any atom is -0.462 e. The van der Waals surface area contributed by atoms with Crippen LogP contribution in [0, 0.1) is 0 Å². The summed E-state index contributed by atoms with van der Waals surface area (Å²) in [6, 6.07) is 6.64. The number of carbonyl (C=O) groups is 2. The highest BCUT2D eigenvalue weighted by molar-refractivity contribution is 6.06. The molecule has 0 spiro atoms. The second-order valence-corrected chi connectivity index (χ2v) is 5.28. The van der Waals surface area contributed by atoms with E-state index in [1.807, 2.05) is 0 Å². The van der Waals surface area contributed by atoms with E-state index >= 15 is 0 Å². The fraction of sp³-hybridized carbons (Fsp3) is 0.333. The molecule has 0 aliphatic carbocycles. The van der Waals surface area contributed by atoms with Crippen molar-refractivity contribution in [3.63, 3.8) is 0 Å². The third-order valence-corrected chi connectivity index (χ3v) is 3.39. The van der Waals surface area contributed by atoms with Gasteiger partial charge in [0.05, 0.1) is 30.3 Å². The molecule has 2 rings (SSSR count). The molecule has 2 N–H and O–H groups in total. The first-order valence-electron chi connectivity index (χ1n) is 8.28. The molecule has 8 nitrogen and oxygen atoms in total. The molecule has 26 heavy (non-hydrogen) atoms. The molecule has 0 fully saturated rings. The molecule has 0 bridgehead atoms. The van der Waals surface area contributed by atoms with Gasteiger partial charge in [-0.1, -0.05) is 12.1 Å². The van der Waals surface area contributed by atoms with Crippen molar-refractivity contribution in [3.8, 4) is 0 Å².